The number of nitrogens with zero attached hydrogens (tertiary/aromatic N) is 2. The highest BCUT2D eigenvalue weighted by atomic mass is 35.5. The van der Waals surface area contributed by atoms with Crippen LogP contribution >= 0.6 is 11.6 Å². The highest BCUT2D eigenvalue weighted by Gasteiger charge is 2.11. The Morgan fingerprint density at radius 1 is 1.44 bits per heavy atom. The van der Waals surface area contributed by atoms with E-state index in [1.165, 1.54) is 12.1 Å². The number of halogens is 1. The lowest BCUT2D eigenvalue weighted by atomic mass is 10.1. The van der Waals surface area contributed by atoms with Crippen molar-refractivity contribution in [3.8, 4) is 11.3 Å². The minimum Gasteiger partial charge on any atom is -0.258 e. The second-order valence-electron chi connectivity index (χ2n) is 2.87. The number of benzene rings is 1. The summed E-state index contributed by atoms with van der Waals surface area (Å²) in [4.78, 5) is 13.9. The SMILES string of the molecule is [2H]c1nc(-c2cc([N+](=O)[O-])ccc2Cl)c([2H])c([2H])c1[2H]. The van der Waals surface area contributed by atoms with Gasteiger partial charge in [-0.15, -0.1) is 0 Å². The van der Waals surface area contributed by atoms with Gasteiger partial charge in [0.2, 0.25) is 0 Å². The zero-order valence-corrected chi connectivity index (χ0v) is 8.58. The van der Waals surface area contributed by atoms with E-state index < -0.39 is 29.2 Å². The van der Waals surface area contributed by atoms with Crippen LogP contribution in [0.3, 0.4) is 0 Å². The van der Waals surface area contributed by atoms with Crippen molar-refractivity contribution in [3.63, 3.8) is 0 Å². The van der Waals surface area contributed by atoms with Crippen molar-refractivity contribution in [3.05, 3.63) is 57.6 Å². The third kappa shape index (κ3) is 2.01. The van der Waals surface area contributed by atoms with E-state index in [0.717, 1.165) is 6.07 Å². The van der Waals surface area contributed by atoms with E-state index >= 15 is 0 Å². The lowest BCUT2D eigenvalue weighted by molar-refractivity contribution is -0.384. The number of aromatic nitrogens is 1. The third-order valence-corrected chi connectivity index (χ3v) is 2.21. The van der Waals surface area contributed by atoms with Gasteiger partial charge in [-0.1, -0.05) is 17.6 Å². The minimum atomic E-state index is -0.620. The van der Waals surface area contributed by atoms with E-state index in [4.69, 9.17) is 17.1 Å². The topological polar surface area (TPSA) is 56.0 Å². The summed E-state index contributed by atoms with van der Waals surface area (Å²) in [7, 11) is 0. The summed E-state index contributed by atoms with van der Waals surface area (Å²) in [6.07, 6.45) is -0.483. The molecule has 80 valence electrons. The van der Waals surface area contributed by atoms with E-state index in [2.05, 4.69) is 4.98 Å². The number of nitro benzene ring substituents is 1. The van der Waals surface area contributed by atoms with Gasteiger partial charge in [0.05, 0.1) is 21.1 Å². The summed E-state index contributed by atoms with van der Waals surface area (Å²) in [6, 6.07) is 2.29. The Morgan fingerprint density at radius 2 is 2.25 bits per heavy atom. The first kappa shape index (κ1) is 6.60. The van der Waals surface area contributed by atoms with Gasteiger partial charge in [0.25, 0.3) is 5.69 Å². The zero-order chi connectivity index (χ0) is 15.0. The highest BCUT2D eigenvalue weighted by Crippen LogP contribution is 2.29. The maximum atomic E-state index is 10.8. The Balaban J connectivity index is 2.74. The maximum Gasteiger partial charge on any atom is 0.270 e. The first-order valence-electron chi connectivity index (χ1n) is 6.21. The van der Waals surface area contributed by atoms with Gasteiger partial charge < -0.3 is 0 Å². The first-order chi connectivity index (χ1) is 9.32. The van der Waals surface area contributed by atoms with Crippen LogP contribution in [0.2, 0.25) is 5.02 Å². The number of non-ortho nitro benzene ring substituents is 1. The van der Waals surface area contributed by atoms with Crippen molar-refractivity contribution >= 4 is 17.3 Å². The van der Waals surface area contributed by atoms with E-state index in [1.807, 2.05) is 0 Å². The molecule has 0 amide bonds. The Kier molecular flexibility index (Phi) is 1.77. The molecule has 0 saturated carbocycles. The molecule has 4 nitrogen and oxygen atoms in total. The van der Waals surface area contributed by atoms with Crippen LogP contribution < -0.4 is 0 Å². The van der Waals surface area contributed by atoms with E-state index in [-0.39, 0.29) is 22.0 Å². The molecule has 1 aromatic heterocycles. The number of nitro groups is 1. The molecular weight excluding hydrogens is 228 g/mol. The molecule has 2 aromatic rings. The standard InChI is InChI=1S/C11H7ClN2O2/c12-10-5-4-8(14(15)16)7-9(10)11-3-1-2-6-13-11/h1-7H/i1D,2D,3D,6D. The summed E-state index contributed by atoms with van der Waals surface area (Å²) >= 11 is 5.94. The quantitative estimate of drug-likeness (QED) is 0.596. The smallest absolute Gasteiger partial charge is 0.258 e. The van der Waals surface area contributed by atoms with E-state index in [9.17, 15) is 10.1 Å². The summed E-state index contributed by atoms with van der Waals surface area (Å²) in [5, 5.41) is 10.9. The summed E-state index contributed by atoms with van der Waals surface area (Å²) in [5.74, 6) is 0. The molecule has 0 fully saturated rings. The molecule has 0 unspecified atom stereocenters. The van der Waals surface area contributed by atoms with Gasteiger partial charge in [-0.25, -0.2) is 0 Å². The van der Waals surface area contributed by atoms with Crippen LogP contribution in [0.4, 0.5) is 5.69 Å². The molecule has 0 aliphatic carbocycles. The van der Waals surface area contributed by atoms with Crippen LogP contribution in [0.25, 0.3) is 11.3 Å². The number of rotatable bonds is 2. The van der Waals surface area contributed by atoms with Gasteiger partial charge in [-0.05, 0) is 18.2 Å². The predicted molar refractivity (Wildman–Crippen MR) is 61.3 cm³/mol. The van der Waals surface area contributed by atoms with Gasteiger partial charge in [0.15, 0.2) is 0 Å². The largest absolute Gasteiger partial charge is 0.270 e. The molecule has 0 saturated heterocycles. The highest BCUT2D eigenvalue weighted by molar-refractivity contribution is 6.33. The van der Waals surface area contributed by atoms with Crippen LogP contribution in [0.15, 0.2) is 42.5 Å². The fourth-order valence-electron chi connectivity index (χ4n) is 1.17. The number of hydrogen-bond donors (Lipinski definition) is 0. The lowest BCUT2D eigenvalue weighted by Crippen LogP contribution is -1.90. The monoisotopic (exact) mass is 238 g/mol. The molecule has 0 aliphatic heterocycles. The molecule has 0 aliphatic rings. The normalized spacial score (nSPS) is 13.6. The summed E-state index contributed by atoms with van der Waals surface area (Å²) in [5.41, 5.74) is -0.267. The lowest BCUT2D eigenvalue weighted by Gasteiger charge is -2.02. The van der Waals surface area contributed by atoms with Crippen molar-refractivity contribution in [1.29, 1.82) is 0 Å². The summed E-state index contributed by atoms with van der Waals surface area (Å²) in [6.45, 7) is 0. The summed E-state index contributed by atoms with van der Waals surface area (Å²) < 4.78 is 30.2. The number of hydrogen-bond acceptors (Lipinski definition) is 3. The maximum absolute atomic E-state index is 10.8. The van der Waals surface area contributed by atoms with Crippen molar-refractivity contribution in [2.45, 2.75) is 0 Å². The molecule has 0 radical (unpaired) electrons. The zero-order valence-electron chi connectivity index (χ0n) is 11.8. The molecule has 5 heteroatoms. The van der Waals surface area contributed by atoms with Crippen molar-refractivity contribution in [1.82, 2.24) is 4.98 Å². The van der Waals surface area contributed by atoms with Gasteiger partial charge in [0.1, 0.15) is 0 Å². The average molecular weight is 239 g/mol. The average Bonchev–Trinajstić information content (AvgIpc) is 2.41. The minimum absolute atomic E-state index is 0.0906. The molecule has 0 spiro atoms. The van der Waals surface area contributed by atoms with E-state index in [0.29, 0.717) is 0 Å². The number of pyridine rings is 1. The van der Waals surface area contributed by atoms with Crippen LogP contribution in [0.1, 0.15) is 5.48 Å². The van der Waals surface area contributed by atoms with Crippen molar-refractivity contribution in [2.75, 3.05) is 0 Å². The molecule has 0 bridgehead atoms. The molecule has 0 atom stereocenters. The van der Waals surface area contributed by atoms with Crippen LogP contribution in [0, 0.1) is 10.1 Å². The molecular formula is C11H7ClN2O2. The van der Waals surface area contributed by atoms with Crippen LogP contribution in [-0.2, 0) is 0 Å². The fourth-order valence-corrected chi connectivity index (χ4v) is 1.37. The van der Waals surface area contributed by atoms with Crippen molar-refractivity contribution in [2.24, 2.45) is 0 Å². The van der Waals surface area contributed by atoms with Crippen molar-refractivity contribution < 1.29 is 10.4 Å². The fraction of sp³-hybridized carbons (Fsp3) is 0. The molecule has 1 heterocycles. The molecule has 0 N–H and O–H groups in total. The Labute approximate surface area is 102 Å². The van der Waals surface area contributed by atoms with E-state index in [1.54, 1.807) is 0 Å². The molecule has 1 aromatic carbocycles. The second-order valence-corrected chi connectivity index (χ2v) is 3.28. The second kappa shape index (κ2) is 4.28. The van der Waals surface area contributed by atoms with Gasteiger partial charge in [0, 0.05) is 23.9 Å². The Morgan fingerprint density at radius 3 is 3.00 bits per heavy atom. The molecule has 2 rings (SSSR count). The van der Waals surface area contributed by atoms with Gasteiger partial charge in [-0.3, -0.25) is 15.1 Å². The third-order valence-electron chi connectivity index (χ3n) is 1.88. The first-order valence-corrected chi connectivity index (χ1v) is 4.59. The van der Waals surface area contributed by atoms with Crippen LogP contribution in [-0.4, -0.2) is 9.91 Å². The Hall–Kier alpha value is -1.94. The van der Waals surface area contributed by atoms with Crippen LogP contribution in [0.5, 0.6) is 0 Å². The predicted octanol–water partition coefficient (Wildman–Crippen LogP) is 3.31. The van der Waals surface area contributed by atoms with Gasteiger partial charge >= 0.3 is 0 Å². The Bertz CT molecular complexity index is 724. The molecule has 16 heavy (non-hydrogen) atoms. The van der Waals surface area contributed by atoms with Gasteiger partial charge in [-0.2, -0.15) is 0 Å².